The third kappa shape index (κ3) is 4.26. The molecule has 1 amide bonds. The van der Waals surface area contributed by atoms with Gasteiger partial charge in [0.05, 0.1) is 16.5 Å². The van der Waals surface area contributed by atoms with Gasteiger partial charge in [-0.2, -0.15) is 0 Å². The number of sulfonamides is 1. The molecule has 3 N–H and O–H groups in total. The van der Waals surface area contributed by atoms with E-state index in [0.717, 1.165) is 17.0 Å². The minimum Gasteiger partial charge on any atom is -0.341 e. The normalized spacial score (nSPS) is 12.6. The summed E-state index contributed by atoms with van der Waals surface area (Å²) in [6.45, 7) is 7.62. The number of nitrogens with one attached hydrogen (secondary N) is 1. The molecular weight excluding hydrogens is 386 g/mol. The number of hydrogen-bond donors (Lipinski definition) is 2. The van der Waals surface area contributed by atoms with Crippen molar-refractivity contribution in [3.63, 3.8) is 0 Å². The Hall–Kier alpha value is -2.90. The Morgan fingerprint density at radius 2 is 1.69 bits per heavy atom. The molecule has 7 heteroatoms. The van der Waals surface area contributed by atoms with Crippen LogP contribution in [0.15, 0.2) is 59.5 Å². The Morgan fingerprint density at radius 1 is 1.03 bits per heavy atom. The standard InChI is InChI=1S/C22H25N3O3S/c1-14-10-11-19(13-21(14)29(23,27)28)24-22(26)20-12-15(2)25(17(20)4)16(3)18-8-6-5-7-9-18/h5-13,16H,1-4H3,(H,24,26)(H2,23,27,28)/t16-/m1/s1. The Bertz CT molecular complexity index is 1170. The first-order valence-electron chi connectivity index (χ1n) is 9.27. The van der Waals surface area contributed by atoms with Crippen LogP contribution in [-0.4, -0.2) is 18.9 Å². The van der Waals surface area contributed by atoms with Crippen LogP contribution in [0.5, 0.6) is 0 Å². The third-order valence-electron chi connectivity index (χ3n) is 5.15. The van der Waals surface area contributed by atoms with Gasteiger partial charge in [-0.25, -0.2) is 13.6 Å². The highest BCUT2D eigenvalue weighted by Crippen LogP contribution is 2.26. The Labute approximate surface area is 171 Å². The van der Waals surface area contributed by atoms with Crippen molar-refractivity contribution in [1.82, 2.24) is 4.57 Å². The van der Waals surface area contributed by atoms with E-state index in [1.807, 2.05) is 38.1 Å². The number of nitrogens with two attached hydrogens (primary N) is 1. The van der Waals surface area contributed by atoms with Crippen molar-refractivity contribution < 1.29 is 13.2 Å². The molecule has 1 heterocycles. The van der Waals surface area contributed by atoms with Crippen LogP contribution in [0.25, 0.3) is 0 Å². The number of primary sulfonamides is 1. The molecule has 3 rings (SSSR count). The molecule has 0 saturated carbocycles. The van der Waals surface area contributed by atoms with Crippen LogP contribution in [0.4, 0.5) is 5.69 Å². The lowest BCUT2D eigenvalue weighted by Crippen LogP contribution is -2.17. The quantitative estimate of drug-likeness (QED) is 0.666. The fraction of sp³-hybridized carbons (Fsp3) is 0.227. The van der Waals surface area contributed by atoms with Gasteiger partial charge in [-0.05, 0) is 57.0 Å². The third-order valence-corrected chi connectivity index (χ3v) is 6.20. The number of carbonyl (C=O) groups excluding carboxylic acids is 1. The van der Waals surface area contributed by atoms with E-state index in [2.05, 4.69) is 28.9 Å². The second-order valence-electron chi connectivity index (χ2n) is 7.22. The molecular formula is C22H25N3O3S. The highest BCUT2D eigenvalue weighted by molar-refractivity contribution is 7.89. The molecule has 29 heavy (non-hydrogen) atoms. The zero-order chi connectivity index (χ0) is 21.3. The van der Waals surface area contributed by atoms with E-state index in [1.54, 1.807) is 19.1 Å². The monoisotopic (exact) mass is 411 g/mol. The molecule has 1 atom stereocenters. The molecule has 2 aromatic carbocycles. The van der Waals surface area contributed by atoms with E-state index in [9.17, 15) is 13.2 Å². The first-order chi connectivity index (χ1) is 13.6. The predicted molar refractivity (Wildman–Crippen MR) is 115 cm³/mol. The van der Waals surface area contributed by atoms with Gasteiger partial charge in [0.25, 0.3) is 5.91 Å². The molecule has 0 bridgehead atoms. The average Bonchev–Trinajstić information content (AvgIpc) is 2.97. The lowest BCUT2D eigenvalue weighted by molar-refractivity contribution is 0.102. The largest absolute Gasteiger partial charge is 0.341 e. The van der Waals surface area contributed by atoms with Crippen molar-refractivity contribution in [2.45, 2.75) is 38.6 Å². The van der Waals surface area contributed by atoms with Crippen molar-refractivity contribution in [3.05, 3.63) is 82.7 Å². The van der Waals surface area contributed by atoms with E-state index < -0.39 is 10.0 Å². The Kier molecular flexibility index (Phi) is 5.64. The first kappa shape index (κ1) is 20.8. The van der Waals surface area contributed by atoms with Crippen molar-refractivity contribution in [1.29, 1.82) is 0 Å². The molecule has 0 spiro atoms. The molecule has 0 radical (unpaired) electrons. The second kappa shape index (κ2) is 7.85. The molecule has 0 fully saturated rings. The average molecular weight is 412 g/mol. The van der Waals surface area contributed by atoms with Gasteiger partial charge in [0.2, 0.25) is 10.0 Å². The van der Waals surface area contributed by atoms with Gasteiger partial charge in [0.1, 0.15) is 0 Å². The number of carbonyl (C=O) groups is 1. The molecule has 0 saturated heterocycles. The van der Waals surface area contributed by atoms with Crippen molar-refractivity contribution in [3.8, 4) is 0 Å². The van der Waals surface area contributed by atoms with Gasteiger partial charge in [-0.3, -0.25) is 4.79 Å². The lowest BCUT2D eigenvalue weighted by Gasteiger charge is -2.19. The van der Waals surface area contributed by atoms with E-state index in [4.69, 9.17) is 5.14 Å². The number of benzene rings is 2. The number of aryl methyl sites for hydroxylation is 2. The lowest BCUT2D eigenvalue weighted by atomic mass is 10.1. The van der Waals surface area contributed by atoms with Crippen LogP contribution in [-0.2, 0) is 10.0 Å². The first-order valence-corrected chi connectivity index (χ1v) is 10.8. The zero-order valence-corrected chi connectivity index (χ0v) is 17.7. The zero-order valence-electron chi connectivity index (χ0n) is 16.9. The summed E-state index contributed by atoms with van der Waals surface area (Å²) in [6, 6.07) is 16.7. The number of anilines is 1. The maximum absolute atomic E-state index is 12.9. The number of amides is 1. The van der Waals surface area contributed by atoms with Gasteiger partial charge in [-0.1, -0.05) is 36.4 Å². The summed E-state index contributed by atoms with van der Waals surface area (Å²) < 4.78 is 25.6. The van der Waals surface area contributed by atoms with Crippen LogP contribution in [0.3, 0.4) is 0 Å². The van der Waals surface area contributed by atoms with Crippen LogP contribution in [0.2, 0.25) is 0 Å². The van der Waals surface area contributed by atoms with Crippen LogP contribution < -0.4 is 10.5 Å². The summed E-state index contributed by atoms with van der Waals surface area (Å²) in [4.78, 5) is 12.9. The van der Waals surface area contributed by atoms with E-state index >= 15 is 0 Å². The Balaban J connectivity index is 1.92. The Morgan fingerprint density at radius 3 is 2.31 bits per heavy atom. The summed E-state index contributed by atoms with van der Waals surface area (Å²) >= 11 is 0. The molecule has 152 valence electrons. The second-order valence-corrected chi connectivity index (χ2v) is 8.75. The number of rotatable bonds is 5. The van der Waals surface area contributed by atoms with E-state index in [1.165, 1.54) is 6.07 Å². The molecule has 1 aromatic heterocycles. The SMILES string of the molecule is Cc1ccc(NC(=O)c2cc(C)n([C@H](C)c3ccccc3)c2C)cc1S(N)(=O)=O. The van der Waals surface area contributed by atoms with Crippen LogP contribution >= 0.6 is 0 Å². The summed E-state index contributed by atoms with van der Waals surface area (Å²) in [5.41, 5.74) is 4.42. The van der Waals surface area contributed by atoms with Crippen LogP contribution in [0, 0.1) is 20.8 Å². The van der Waals surface area contributed by atoms with Gasteiger partial charge in [-0.15, -0.1) is 0 Å². The van der Waals surface area contributed by atoms with Gasteiger partial charge in [0.15, 0.2) is 0 Å². The fourth-order valence-electron chi connectivity index (χ4n) is 3.67. The predicted octanol–water partition coefficient (Wildman–Crippen LogP) is 3.92. The van der Waals surface area contributed by atoms with Crippen LogP contribution in [0.1, 0.15) is 45.8 Å². The summed E-state index contributed by atoms with van der Waals surface area (Å²) in [6.07, 6.45) is 0. The molecule has 0 unspecified atom stereocenters. The molecule has 0 aliphatic rings. The number of aromatic nitrogens is 1. The maximum Gasteiger partial charge on any atom is 0.257 e. The highest BCUT2D eigenvalue weighted by atomic mass is 32.2. The molecule has 0 aliphatic heterocycles. The van der Waals surface area contributed by atoms with Gasteiger partial charge < -0.3 is 9.88 Å². The van der Waals surface area contributed by atoms with Crippen molar-refractivity contribution >= 4 is 21.6 Å². The topological polar surface area (TPSA) is 94.2 Å². The highest BCUT2D eigenvalue weighted by Gasteiger charge is 2.20. The fourth-order valence-corrected chi connectivity index (χ4v) is 4.47. The summed E-state index contributed by atoms with van der Waals surface area (Å²) in [7, 11) is -3.86. The summed E-state index contributed by atoms with van der Waals surface area (Å²) in [5, 5.41) is 8.05. The molecule has 0 aliphatic carbocycles. The van der Waals surface area contributed by atoms with E-state index in [0.29, 0.717) is 16.8 Å². The van der Waals surface area contributed by atoms with Gasteiger partial charge >= 0.3 is 0 Å². The smallest absolute Gasteiger partial charge is 0.257 e. The minimum atomic E-state index is -3.86. The minimum absolute atomic E-state index is 0.00141. The maximum atomic E-state index is 12.9. The van der Waals surface area contributed by atoms with Crippen molar-refractivity contribution in [2.24, 2.45) is 5.14 Å². The van der Waals surface area contributed by atoms with E-state index in [-0.39, 0.29) is 16.8 Å². The summed E-state index contributed by atoms with van der Waals surface area (Å²) in [5.74, 6) is -0.297. The molecule has 6 nitrogen and oxygen atoms in total. The van der Waals surface area contributed by atoms with Gasteiger partial charge in [0, 0.05) is 17.1 Å². The van der Waals surface area contributed by atoms with Crippen molar-refractivity contribution in [2.75, 3.05) is 5.32 Å². The number of hydrogen-bond acceptors (Lipinski definition) is 3. The number of nitrogens with zero attached hydrogens (tertiary/aromatic N) is 1. The molecule has 3 aromatic rings.